The normalized spacial score (nSPS) is 13.9. The summed E-state index contributed by atoms with van der Waals surface area (Å²) in [5.74, 6) is 0. The van der Waals surface area contributed by atoms with Crippen LogP contribution in [0.4, 0.5) is 0 Å². The molecular formula is C7H16. The smallest absolute Gasteiger partial charge is 0.0236 e. The van der Waals surface area contributed by atoms with Crippen LogP contribution >= 0.6 is 0 Å². The highest BCUT2D eigenvalue weighted by Crippen LogP contribution is 2.22. The molecule has 44 valence electrons. The summed E-state index contributed by atoms with van der Waals surface area (Å²) in [6.45, 7) is 7.04. The molecule has 0 aliphatic heterocycles. The molecule has 0 N–H and O–H groups in total. The summed E-state index contributed by atoms with van der Waals surface area (Å²) < 4.78 is 7.16. The van der Waals surface area contributed by atoms with Gasteiger partial charge in [-0.25, -0.2) is 0 Å². The Hall–Kier alpha value is 0. The van der Waals surface area contributed by atoms with E-state index in [2.05, 4.69) is 20.8 Å². The van der Waals surface area contributed by atoms with Crippen LogP contribution in [0.3, 0.4) is 0 Å². The summed E-state index contributed by atoms with van der Waals surface area (Å²) in [5, 5.41) is 0. The highest BCUT2D eigenvalue weighted by molar-refractivity contribution is 4.61. The van der Waals surface area contributed by atoms with E-state index in [4.69, 9.17) is 1.37 Å². The number of hydrogen-bond acceptors (Lipinski definition) is 0. The Morgan fingerprint density at radius 1 is 1.43 bits per heavy atom. The molecule has 0 fully saturated rings. The molecule has 0 nitrogen and oxygen atoms in total. The second-order valence-corrected chi connectivity index (χ2v) is 2.52. The van der Waals surface area contributed by atoms with Crippen molar-refractivity contribution in [1.29, 1.82) is 0 Å². The Balaban J connectivity index is 3.58. The lowest BCUT2D eigenvalue weighted by Crippen LogP contribution is -2.05. The zero-order valence-corrected chi connectivity index (χ0v) is 5.62. The van der Waals surface area contributed by atoms with Gasteiger partial charge in [0, 0.05) is 1.37 Å². The molecule has 0 unspecified atom stereocenters. The summed E-state index contributed by atoms with van der Waals surface area (Å²) in [5.41, 5.74) is 0.292. The van der Waals surface area contributed by atoms with Gasteiger partial charge in [0.1, 0.15) is 0 Å². The molecule has 0 radical (unpaired) electrons. The lowest BCUT2D eigenvalue weighted by molar-refractivity contribution is 0.338. The van der Waals surface area contributed by atoms with Gasteiger partial charge in [-0.1, -0.05) is 40.5 Å². The monoisotopic (exact) mass is 101 g/mol. The summed E-state index contributed by atoms with van der Waals surface area (Å²) in [6, 6.07) is 0. The summed E-state index contributed by atoms with van der Waals surface area (Å²) in [4.78, 5) is 0. The molecule has 0 amide bonds. The van der Waals surface area contributed by atoms with E-state index in [1.807, 2.05) is 0 Å². The average Bonchev–Trinajstić information content (AvgIpc) is 1.87. The minimum Gasteiger partial charge on any atom is -0.0649 e. The van der Waals surface area contributed by atoms with Gasteiger partial charge in [-0.05, 0) is 5.41 Å². The van der Waals surface area contributed by atoms with Crippen LogP contribution in [0.25, 0.3) is 0 Å². The van der Waals surface area contributed by atoms with Crippen molar-refractivity contribution in [1.82, 2.24) is 0 Å². The van der Waals surface area contributed by atoms with Crippen molar-refractivity contribution in [2.45, 2.75) is 40.5 Å². The minimum absolute atomic E-state index is 0.292. The SMILES string of the molecule is [2H]CC(C)(CC)CC. The Morgan fingerprint density at radius 2 is 1.86 bits per heavy atom. The van der Waals surface area contributed by atoms with Crippen LogP contribution in [0.15, 0.2) is 0 Å². The first-order valence-corrected chi connectivity index (χ1v) is 2.97. The van der Waals surface area contributed by atoms with E-state index >= 15 is 0 Å². The molecule has 0 rings (SSSR count). The van der Waals surface area contributed by atoms with E-state index in [0.29, 0.717) is 12.3 Å². The topological polar surface area (TPSA) is 0 Å². The predicted octanol–water partition coefficient (Wildman–Crippen LogP) is 2.83. The van der Waals surface area contributed by atoms with Gasteiger partial charge in [-0.3, -0.25) is 0 Å². The molecule has 0 bridgehead atoms. The average molecular weight is 101 g/mol. The van der Waals surface area contributed by atoms with Crippen molar-refractivity contribution in [3.05, 3.63) is 0 Å². The molecule has 7 heavy (non-hydrogen) atoms. The van der Waals surface area contributed by atoms with Gasteiger partial charge < -0.3 is 0 Å². The van der Waals surface area contributed by atoms with Crippen molar-refractivity contribution >= 4 is 0 Å². The van der Waals surface area contributed by atoms with E-state index in [0.717, 1.165) is 12.8 Å². The van der Waals surface area contributed by atoms with E-state index in [-0.39, 0.29) is 0 Å². The van der Waals surface area contributed by atoms with Crippen LogP contribution in [-0.4, -0.2) is 0 Å². The molecule has 0 aliphatic rings. The van der Waals surface area contributed by atoms with Crippen molar-refractivity contribution in [3.63, 3.8) is 0 Å². The van der Waals surface area contributed by atoms with Crippen molar-refractivity contribution in [2.75, 3.05) is 0 Å². The van der Waals surface area contributed by atoms with E-state index in [1.54, 1.807) is 0 Å². The molecule has 0 heterocycles. The van der Waals surface area contributed by atoms with Crippen LogP contribution < -0.4 is 0 Å². The van der Waals surface area contributed by atoms with Crippen molar-refractivity contribution in [2.24, 2.45) is 5.41 Å². The molecular weight excluding hydrogens is 84.1 g/mol. The van der Waals surface area contributed by atoms with Crippen LogP contribution in [-0.2, 0) is 0 Å². The zero-order chi connectivity index (χ0) is 6.62. The molecule has 0 aromatic heterocycles. The Labute approximate surface area is 48.3 Å². The molecule has 0 spiro atoms. The molecule has 0 saturated carbocycles. The van der Waals surface area contributed by atoms with Crippen LogP contribution in [0.1, 0.15) is 41.9 Å². The Kier molecular flexibility index (Phi) is 1.72. The summed E-state index contributed by atoms with van der Waals surface area (Å²) >= 11 is 0. The van der Waals surface area contributed by atoms with Gasteiger partial charge in [0.2, 0.25) is 0 Å². The minimum atomic E-state index is 0.292. The molecule has 0 aliphatic carbocycles. The molecule has 0 aromatic carbocycles. The summed E-state index contributed by atoms with van der Waals surface area (Å²) in [7, 11) is 0. The van der Waals surface area contributed by atoms with Crippen LogP contribution in [0.5, 0.6) is 0 Å². The largest absolute Gasteiger partial charge is 0.0649 e. The first-order chi connectivity index (χ1) is 3.68. The lowest BCUT2D eigenvalue weighted by atomic mass is 9.88. The van der Waals surface area contributed by atoms with E-state index in [1.165, 1.54) is 0 Å². The number of hydrogen-bond donors (Lipinski definition) is 0. The van der Waals surface area contributed by atoms with Gasteiger partial charge in [0.25, 0.3) is 0 Å². The third-order valence-corrected chi connectivity index (χ3v) is 1.71. The van der Waals surface area contributed by atoms with Crippen LogP contribution in [0, 0.1) is 5.41 Å². The van der Waals surface area contributed by atoms with Gasteiger partial charge in [-0.15, -0.1) is 0 Å². The first-order valence-electron chi connectivity index (χ1n) is 3.68. The number of rotatable bonds is 2. The van der Waals surface area contributed by atoms with Crippen molar-refractivity contribution < 1.29 is 1.37 Å². The van der Waals surface area contributed by atoms with Gasteiger partial charge >= 0.3 is 0 Å². The molecule has 0 atom stereocenters. The van der Waals surface area contributed by atoms with Crippen molar-refractivity contribution in [3.8, 4) is 0 Å². The third-order valence-electron chi connectivity index (χ3n) is 1.71. The third kappa shape index (κ3) is 2.67. The maximum absolute atomic E-state index is 7.16. The molecule has 0 heteroatoms. The van der Waals surface area contributed by atoms with E-state index < -0.39 is 0 Å². The maximum atomic E-state index is 7.16. The Bertz CT molecular complexity index is 47.1. The fraction of sp³-hybridized carbons (Fsp3) is 1.00. The lowest BCUT2D eigenvalue weighted by Gasteiger charge is -2.18. The molecule has 0 saturated heterocycles. The fourth-order valence-electron chi connectivity index (χ4n) is 0.250. The van der Waals surface area contributed by atoms with Gasteiger partial charge in [0.15, 0.2) is 0 Å². The van der Waals surface area contributed by atoms with Crippen LogP contribution in [0.2, 0.25) is 0 Å². The summed E-state index contributed by atoms with van der Waals surface area (Å²) in [6.07, 6.45) is 2.26. The van der Waals surface area contributed by atoms with E-state index in [9.17, 15) is 0 Å². The highest BCUT2D eigenvalue weighted by atomic mass is 14.1. The zero-order valence-electron chi connectivity index (χ0n) is 6.62. The highest BCUT2D eigenvalue weighted by Gasteiger charge is 2.09. The fourth-order valence-corrected chi connectivity index (χ4v) is 0.250. The first kappa shape index (κ1) is 5.14. The van der Waals surface area contributed by atoms with Gasteiger partial charge in [0.05, 0.1) is 0 Å². The van der Waals surface area contributed by atoms with Gasteiger partial charge in [-0.2, -0.15) is 0 Å². The maximum Gasteiger partial charge on any atom is 0.0236 e. The quantitative estimate of drug-likeness (QED) is 0.501. The molecule has 0 aromatic rings. The predicted molar refractivity (Wildman–Crippen MR) is 34.4 cm³/mol. The Morgan fingerprint density at radius 3 is 1.86 bits per heavy atom. The second kappa shape index (κ2) is 2.34. The standard InChI is InChI=1S/C7H16/c1-5-7(3,4)6-2/h5-6H2,1-4H3/i3D. The second-order valence-electron chi connectivity index (χ2n) is 2.52.